The number of halogens is 2. The Kier molecular flexibility index (Phi) is 9.39. The molecule has 13 heteroatoms. The van der Waals surface area contributed by atoms with Crippen molar-refractivity contribution in [2.75, 3.05) is 32.6 Å². The number of ether oxygens (including phenoxy) is 2. The van der Waals surface area contributed by atoms with E-state index in [0.29, 0.717) is 53.4 Å². The van der Waals surface area contributed by atoms with Gasteiger partial charge in [0.15, 0.2) is 5.65 Å². The number of carbonyl (C=O) groups excluding carboxylic acids is 1. The summed E-state index contributed by atoms with van der Waals surface area (Å²) in [5.74, 6) is -0.419. The number of carbonyl (C=O) groups is 1. The third kappa shape index (κ3) is 6.72. The zero-order valence-electron chi connectivity index (χ0n) is 21.2. The number of rotatable bonds is 13. The average molecular weight is 546 g/mol. The highest BCUT2D eigenvalue weighted by Gasteiger charge is 2.21. The van der Waals surface area contributed by atoms with Crippen molar-refractivity contribution < 1.29 is 23.0 Å². The number of benzene rings is 1. The Labute approximate surface area is 222 Å². The lowest BCUT2D eigenvalue weighted by atomic mass is 10.0. The van der Waals surface area contributed by atoms with Crippen LogP contribution in [0.2, 0.25) is 0 Å². The molecule has 1 unspecified atom stereocenters. The number of fused-ring (bicyclic) bond motifs is 1. The van der Waals surface area contributed by atoms with Crippen LogP contribution in [0.4, 0.5) is 14.5 Å². The number of amides is 1. The van der Waals surface area contributed by atoms with Gasteiger partial charge in [0.2, 0.25) is 0 Å². The lowest BCUT2D eigenvalue weighted by Gasteiger charge is -2.14. The van der Waals surface area contributed by atoms with Gasteiger partial charge >= 0.3 is 6.61 Å². The number of anilines is 1. The quantitative estimate of drug-likeness (QED) is 0.244. The fourth-order valence-electron chi connectivity index (χ4n) is 3.86. The summed E-state index contributed by atoms with van der Waals surface area (Å²) in [4.78, 5) is 18.4. The fraction of sp³-hybridized carbons (Fsp3) is 0.360. The molecular formula is C25H29F2N7O3S. The van der Waals surface area contributed by atoms with Gasteiger partial charge in [0.05, 0.1) is 31.6 Å². The van der Waals surface area contributed by atoms with Crippen molar-refractivity contribution in [2.24, 2.45) is 0 Å². The second-order valence-electron chi connectivity index (χ2n) is 8.43. The molecule has 1 amide bonds. The lowest BCUT2D eigenvalue weighted by molar-refractivity contribution is -0.137. The summed E-state index contributed by atoms with van der Waals surface area (Å²) >= 11 is 1.58. The molecule has 0 aliphatic rings. The number of thioether (sulfide) groups is 1. The number of hydrogen-bond acceptors (Lipinski definition) is 8. The van der Waals surface area contributed by atoms with E-state index in [0.717, 1.165) is 4.90 Å². The van der Waals surface area contributed by atoms with Gasteiger partial charge in [-0.15, -0.1) is 11.8 Å². The molecule has 1 aromatic carbocycles. The van der Waals surface area contributed by atoms with Crippen LogP contribution in [0, 0.1) is 0 Å². The van der Waals surface area contributed by atoms with E-state index >= 15 is 0 Å². The standard InChI is InChI=1S/C25H29F2N7O3S/c1-16(14-36-3)38-18-6-5-17(15-37-25(26)27)19(11-18)22-21(13-33(32-22)10-8-28-2)31-24(35)20-12-30-34-9-4-7-29-23(20)34/h4-7,9,11-13,16,25,28H,8,10,14-15H2,1-3H3,(H,31,35). The maximum atomic E-state index is 13.3. The monoisotopic (exact) mass is 545 g/mol. The number of aromatic nitrogens is 5. The summed E-state index contributed by atoms with van der Waals surface area (Å²) < 4.78 is 38.9. The van der Waals surface area contributed by atoms with Crippen LogP contribution in [0.25, 0.3) is 16.9 Å². The minimum Gasteiger partial charge on any atom is -0.384 e. The summed E-state index contributed by atoms with van der Waals surface area (Å²) in [6.45, 7) is 0.501. The number of nitrogens with one attached hydrogen (secondary N) is 2. The molecule has 38 heavy (non-hydrogen) atoms. The molecule has 1 atom stereocenters. The van der Waals surface area contributed by atoms with Crippen LogP contribution in [0.1, 0.15) is 22.8 Å². The largest absolute Gasteiger partial charge is 0.384 e. The van der Waals surface area contributed by atoms with Gasteiger partial charge in [0.1, 0.15) is 11.3 Å². The Morgan fingerprint density at radius 1 is 1.29 bits per heavy atom. The first-order valence-corrected chi connectivity index (χ1v) is 12.8. The molecule has 4 rings (SSSR count). The van der Waals surface area contributed by atoms with E-state index in [4.69, 9.17) is 9.84 Å². The number of nitrogens with zero attached hydrogens (tertiary/aromatic N) is 5. The van der Waals surface area contributed by atoms with Gasteiger partial charge in [-0.3, -0.25) is 9.48 Å². The maximum Gasteiger partial charge on any atom is 0.345 e. The Morgan fingerprint density at radius 2 is 2.13 bits per heavy atom. The maximum absolute atomic E-state index is 13.3. The molecule has 3 aromatic heterocycles. The zero-order chi connectivity index (χ0) is 27.1. The van der Waals surface area contributed by atoms with Crippen LogP contribution in [0.3, 0.4) is 0 Å². The second kappa shape index (κ2) is 12.9. The molecule has 0 aliphatic heterocycles. The van der Waals surface area contributed by atoms with Crippen LogP contribution in [-0.4, -0.2) is 69.5 Å². The van der Waals surface area contributed by atoms with E-state index < -0.39 is 12.5 Å². The molecule has 0 fully saturated rings. The topological polar surface area (TPSA) is 108 Å². The molecule has 3 heterocycles. The third-order valence-electron chi connectivity index (χ3n) is 5.56. The molecular weight excluding hydrogens is 516 g/mol. The summed E-state index contributed by atoms with van der Waals surface area (Å²) in [5, 5.41) is 15.0. The first-order chi connectivity index (χ1) is 18.4. The molecule has 10 nitrogen and oxygen atoms in total. The van der Waals surface area contributed by atoms with E-state index in [2.05, 4.69) is 25.5 Å². The number of alkyl halides is 2. The predicted octanol–water partition coefficient (Wildman–Crippen LogP) is 3.93. The van der Waals surface area contributed by atoms with Gasteiger partial charge in [0, 0.05) is 48.0 Å². The van der Waals surface area contributed by atoms with Crippen molar-refractivity contribution >= 4 is 29.0 Å². The van der Waals surface area contributed by atoms with Crippen LogP contribution >= 0.6 is 11.8 Å². The number of likely N-dealkylation sites (N-methyl/N-ethyl adjacent to an activating group) is 1. The van der Waals surface area contributed by atoms with Crippen molar-refractivity contribution in [1.29, 1.82) is 0 Å². The van der Waals surface area contributed by atoms with Gasteiger partial charge in [-0.25, -0.2) is 9.50 Å². The molecule has 0 saturated carbocycles. The van der Waals surface area contributed by atoms with Crippen LogP contribution in [0.5, 0.6) is 0 Å². The van der Waals surface area contributed by atoms with E-state index in [1.54, 1.807) is 54.3 Å². The molecule has 0 radical (unpaired) electrons. The van der Waals surface area contributed by atoms with Crippen molar-refractivity contribution in [3.8, 4) is 11.3 Å². The summed E-state index contributed by atoms with van der Waals surface area (Å²) in [7, 11) is 3.46. The van der Waals surface area contributed by atoms with Gasteiger partial charge in [-0.1, -0.05) is 13.0 Å². The third-order valence-corrected chi connectivity index (χ3v) is 6.63. The molecule has 0 bridgehead atoms. The smallest absolute Gasteiger partial charge is 0.345 e. The number of methoxy groups -OCH3 is 1. The SMILES string of the molecule is CNCCn1cc(NC(=O)c2cnn3cccnc23)c(-c2cc(SC(C)COC)ccc2COC(F)F)n1. The fourth-order valence-corrected chi connectivity index (χ4v) is 4.86. The summed E-state index contributed by atoms with van der Waals surface area (Å²) in [6, 6.07) is 7.18. The van der Waals surface area contributed by atoms with Crippen molar-refractivity contribution in [3.05, 3.63) is 60.2 Å². The van der Waals surface area contributed by atoms with Crippen LogP contribution in [0.15, 0.2) is 53.9 Å². The average Bonchev–Trinajstić information content (AvgIpc) is 3.51. The van der Waals surface area contributed by atoms with Gasteiger partial charge < -0.3 is 20.1 Å². The van der Waals surface area contributed by atoms with E-state index in [-0.39, 0.29) is 11.9 Å². The van der Waals surface area contributed by atoms with E-state index in [1.807, 2.05) is 26.1 Å². The Hall–Kier alpha value is -3.39. The van der Waals surface area contributed by atoms with Crippen LogP contribution < -0.4 is 10.6 Å². The van der Waals surface area contributed by atoms with Crippen molar-refractivity contribution in [1.82, 2.24) is 29.7 Å². The molecule has 4 aromatic rings. The van der Waals surface area contributed by atoms with Crippen molar-refractivity contribution in [3.63, 3.8) is 0 Å². The molecule has 0 aliphatic carbocycles. The lowest BCUT2D eigenvalue weighted by Crippen LogP contribution is -2.15. The van der Waals surface area contributed by atoms with Gasteiger partial charge in [0.25, 0.3) is 5.91 Å². The highest BCUT2D eigenvalue weighted by Crippen LogP contribution is 2.35. The van der Waals surface area contributed by atoms with E-state index in [1.165, 1.54) is 10.7 Å². The highest BCUT2D eigenvalue weighted by atomic mass is 32.2. The minimum atomic E-state index is -2.92. The van der Waals surface area contributed by atoms with Gasteiger partial charge in [-0.2, -0.15) is 19.0 Å². The normalized spacial score (nSPS) is 12.4. The minimum absolute atomic E-state index is 0.159. The molecule has 2 N–H and O–H groups in total. The Morgan fingerprint density at radius 3 is 2.89 bits per heavy atom. The second-order valence-corrected chi connectivity index (χ2v) is 9.94. The first-order valence-electron chi connectivity index (χ1n) is 11.9. The highest BCUT2D eigenvalue weighted by molar-refractivity contribution is 8.00. The van der Waals surface area contributed by atoms with E-state index in [9.17, 15) is 13.6 Å². The zero-order valence-corrected chi connectivity index (χ0v) is 22.0. The van der Waals surface area contributed by atoms with Crippen LogP contribution in [-0.2, 0) is 22.6 Å². The first kappa shape index (κ1) is 27.6. The number of hydrogen-bond donors (Lipinski definition) is 2. The predicted molar refractivity (Wildman–Crippen MR) is 141 cm³/mol. The van der Waals surface area contributed by atoms with Crippen molar-refractivity contribution in [2.45, 2.75) is 36.8 Å². The Bertz CT molecular complexity index is 1380. The molecule has 0 saturated heterocycles. The molecule has 202 valence electrons. The molecule has 0 spiro atoms. The Balaban J connectivity index is 1.74. The van der Waals surface area contributed by atoms with Gasteiger partial charge in [-0.05, 0) is 30.8 Å². The summed E-state index contributed by atoms with van der Waals surface area (Å²) in [5.41, 5.74) is 2.65. The summed E-state index contributed by atoms with van der Waals surface area (Å²) in [6.07, 6.45) is 6.44.